The third kappa shape index (κ3) is 5.06. The minimum atomic E-state index is -0.218. The quantitative estimate of drug-likeness (QED) is 0.709. The predicted octanol–water partition coefficient (Wildman–Crippen LogP) is 2.48. The molecule has 1 unspecified atom stereocenters. The molecule has 2 heterocycles. The van der Waals surface area contributed by atoms with E-state index in [1.165, 1.54) is 0 Å². The van der Waals surface area contributed by atoms with E-state index >= 15 is 0 Å². The van der Waals surface area contributed by atoms with Crippen LogP contribution >= 0.6 is 0 Å². The first kappa shape index (κ1) is 18.4. The normalized spacial score (nSPS) is 17.0. The Morgan fingerprint density at radius 1 is 1.38 bits per heavy atom. The second-order valence-corrected chi connectivity index (χ2v) is 6.36. The Labute approximate surface area is 153 Å². The molecule has 26 heavy (non-hydrogen) atoms. The molecule has 7 heteroatoms. The zero-order valence-corrected chi connectivity index (χ0v) is 15.1. The van der Waals surface area contributed by atoms with Crippen molar-refractivity contribution in [2.45, 2.75) is 25.3 Å². The first-order chi connectivity index (χ1) is 12.8. The van der Waals surface area contributed by atoms with Crippen LogP contribution in [-0.2, 0) is 4.74 Å². The fourth-order valence-corrected chi connectivity index (χ4v) is 2.97. The average molecular weight is 358 g/mol. The van der Waals surface area contributed by atoms with Crippen molar-refractivity contribution in [1.82, 2.24) is 15.1 Å². The Morgan fingerprint density at radius 3 is 3.12 bits per heavy atom. The Morgan fingerprint density at radius 2 is 2.31 bits per heavy atom. The number of carbonyl (C=O) groups is 1. The van der Waals surface area contributed by atoms with Crippen molar-refractivity contribution in [2.24, 2.45) is 0 Å². The first-order valence-electron chi connectivity index (χ1n) is 9.05. The lowest BCUT2D eigenvalue weighted by Gasteiger charge is -2.22. The van der Waals surface area contributed by atoms with Gasteiger partial charge in [-0.05, 0) is 37.6 Å². The van der Waals surface area contributed by atoms with Gasteiger partial charge in [0.15, 0.2) is 5.69 Å². The molecule has 2 aromatic rings. The van der Waals surface area contributed by atoms with Crippen LogP contribution in [0.1, 0.15) is 35.8 Å². The van der Waals surface area contributed by atoms with Crippen molar-refractivity contribution in [1.29, 1.82) is 0 Å². The van der Waals surface area contributed by atoms with Gasteiger partial charge in [-0.1, -0.05) is 6.07 Å². The maximum Gasteiger partial charge on any atom is 0.276 e. The van der Waals surface area contributed by atoms with Gasteiger partial charge < -0.3 is 20.1 Å². The summed E-state index contributed by atoms with van der Waals surface area (Å²) in [4.78, 5) is 12.5. The van der Waals surface area contributed by atoms with E-state index in [-0.39, 0.29) is 5.91 Å². The second-order valence-electron chi connectivity index (χ2n) is 6.36. The van der Waals surface area contributed by atoms with Crippen molar-refractivity contribution < 1.29 is 14.3 Å². The van der Waals surface area contributed by atoms with Crippen LogP contribution in [0.25, 0.3) is 0 Å². The van der Waals surface area contributed by atoms with Crippen molar-refractivity contribution >= 4 is 11.6 Å². The fraction of sp³-hybridized carbons (Fsp3) is 0.474. The molecule has 1 aromatic carbocycles. The van der Waals surface area contributed by atoms with Gasteiger partial charge in [0.1, 0.15) is 5.75 Å². The Bertz CT molecular complexity index is 710. The lowest BCUT2D eigenvalue weighted by Crippen LogP contribution is -2.32. The average Bonchev–Trinajstić information content (AvgIpc) is 3.17. The zero-order valence-electron chi connectivity index (χ0n) is 15.1. The number of aromatic nitrogens is 2. The van der Waals surface area contributed by atoms with Gasteiger partial charge in [0.05, 0.1) is 12.6 Å². The summed E-state index contributed by atoms with van der Waals surface area (Å²) in [6.07, 6.45) is 4.91. The van der Waals surface area contributed by atoms with Crippen LogP contribution in [0.3, 0.4) is 0 Å². The van der Waals surface area contributed by atoms with Gasteiger partial charge in [-0.2, -0.15) is 5.10 Å². The molecule has 2 N–H and O–H groups in total. The number of anilines is 1. The molecule has 1 aliphatic heterocycles. The summed E-state index contributed by atoms with van der Waals surface area (Å²) in [5, 5.41) is 10.7. The Hall–Kier alpha value is -2.38. The minimum absolute atomic E-state index is 0.218. The van der Waals surface area contributed by atoms with Gasteiger partial charge in [-0.15, -0.1) is 0 Å². The Kier molecular flexibility index (Phi) is 6.62. The van der Waals surface area contributed by atoms with E-state index in [2.05, 4.69) is 15.7 Å². The second kappa shape index (κ2) is 9.35. The van der Waals surface area contributed by atoms with Crippen molar-refractivity contribution in [3.63, 3.8) is 0 Å². The summed E-state index contributed by atoms with van der Waals surface area (Å²) >= 11 is 0. The third-order valence-corrected chi connectivity index (χ3v) is 4.34. The number of nitrogens with one attached hydrogen (secondary N) is 2. The molecule has 0 radical (unpaired) electrons. The maximum absolute atomic E-state index is 12.5. The molecule has 0 bridgehead atoms. The number of nitrogens with zero attached hydrogens (tertiary/aromatic N) is 2. The third-order valence-electron chi connectivity index (χ3n) is 4.34. The highest BCUT2D eigenvalue weighted by Crippen LogP contribution is 2.19. The molecule has 0 aliphatic carbocycles. The van der Waals surface area contributed by atoms with Gasteiger partial charge in [-0.25, -0.2) is 0 Å². The van der Waals surface area contributed by atoms with Crippen LogP contribution in [0.5, 0.6) is 5.75 Å². The van der Waals surface area contributed by atoms with Gasteiger partial charge in [-0.3, -0.25) is 9.48 Å². The number of hydrogen-bond donors (Lipinski definition) is 2. The summed E-state index contributed by atoms with van der Waals surface area (Å²) in [5.74, 6) is 0.502. The number of benzene rings is 1. The van der Waals surface area contributed by atoms with Gasteiger partial charge in [0, 0.05) is 44.6 Å². The van der Waals surface area contributed by atoms with Gasteiger partial charge in [0.25, 0.3) is 5.91 Å². The van der Waals surface area contributed by atoms with Crippen LogP contribution in [0, 0.1) is 0 Å². The summed E-state index contributed by atoms with van der Waals surface area (Å²) in [6, 6.07) is 9.44. The number of hydrogen-bond acceptors (Lipinski definition) is 5. The lowest BCUT2D eigenvalue weighted by atomic mass is 10.1. The summed E-state index contributed by atoms with van der Waals surface area (Å²) in [5.41, 5.74) is 1.11. The van der Waals surface area contributed by atoms with Crippen LogP contribution in [0.2, 0.25) is 0 Å². The molecule has 3 rings (SSSR count). The Balaban J connectivity index is 1.56. The summed E-state index contributed by atoms with van der Waals surface area (Å²) in [7, 11) is 1.67. The van der Waals surface area contributed by atoms with Crippen molar-refractivity contribution in [3.05, 3.63) is 42.2 Å². The standard InChI is InChI=1S/C19H26N4O3/c1-25-11-4-12-26-17-7-2-5-15(13-17)21-19(24)18-8-10-23(22-18)16-6-3-9-20-14-16/h2,5,7-8,10,13,16,20H,3-4,6,9,11-12,14H2,1H3,(H,21,24). The van der Waals surface area contributed by atoms with Crippen LogP contribution < -0.4 is 15.4 Å². The highest BCUT2D eigenvalue weighted by molar-refractivity contribution is 6.02. The molecule has 1 aromatic heterocycles. The van der Waals surface area contributed by atoms with Gasteiger partial charge in [0.2, 0.25) is 0 Å². The fourth-order valence-electron chi connectivity index (χ4n) is 2.97. The topological polar surface area (TPSA) is 77.4 Å². The summed E-state index contributed by atoms with van der Waals surface area (Å²) < 4.78 is 12.5. The van der Waals surface area contributed by atoms with Crippen LogP contribution in [-0.4, -0.2) is 49.1 Å². The highest BCUT2D eigenvalue weighted by atomic mass is 16.5. The predicted molar refractivity (Wildman–Crippen MR) is 99.8 cm³/mol. The van der Waals surface area contributed by atoms with Crippen LogP contribution in [0.4, 0.5) is 5.69 Å². The van der Waals surface area contributed by atoms with E-state index in [0.29, 0.717) is 30.6 Å². The molecular formula is C19H26N4O3. The number of amides is 1. The smallest absolute Gasteiger partial charge is 0.276 e. The molecule has 0 spiro atoms. The highest BCUT2D eigenvalue weighted by Gasteiger charge is 2.17. The molecule has 1 saturated heterocycles. The van der Waals surface area contributed by atoms with Gasteiger partial charge >= 0.3 is 0 Å². The molecule has 1 amide bonds. The number of carbonyl (C=O) groups excluding carboxylic acids is 1. The lowest BCUT2D eigenvalue weighted by molar-refractivity contribution is 0.102. The SMILES string of the molecule is COCCCOc1cccc(NC(=O)c2ccn(C3CCCNC3)n2)c1. The first-order valence-corrected chi connectivity index (χ1v) is 9.05. The van der Waals surface area contributed by atoms with E-state index in [0.717, 1.165) is 38.1 Å². The number of methoxy groups -OCH3 is 1. The largest absolute Gasteiger partial charge is 0.493 e. The van der Waals surface area contributed by atoms with E-state index in [4.69, 9.17) is 9.47 Å². The number of piperidine rings is 1. The van der Waals surface area contributed by atoms with Crippen molar-refractivity contribution in [2.75, 3.05) is 38.7 Å². The van der Waals surface area contributed by atoms with E-state index < -0.39 is 0 Å². The molecule has 1 atom stereocenters. The summed E-state index contributed by atoms with van der Waals surface area (Å²) in [6.45, 7) is 3.18. The number of rotatable bonds is 8. The molecule has 1 aliphatic rings. The molecule has 140 valence electrons. The van der Waals surface area contributed by atoms with Crippen molar-refractivity contribution in [3.8, 4) is 5.75 Å². The maximum atomic E-state index is 12.5. The van der Waals surface area contributed by atoms with E-state index in [9.17, 15) is 4.79 Å². The van der Waals surface area contributed by atoms with Crippen LogP contribution in [0.15, 0.2) is 36.5 Å². The minimum Gasteiger partial charge on any atom is -0.493 e. The zero-order chi connectivity index (χ0) is 18.2. The number of ether oxygens (including phenoxy) is 2. The van der Waals surface area contributed by atoms with E-state index in [1.807, 2.05) is 35.1 Å². The monoisotopic (exact) mass is 358 g/mol. The molecule has 1 fully saturated rings. The molecular weight excluding hydrogens is 332 g/mol. The van der Waals surface area contributed by atoms with E-state index in [1.54, 1.807) is 13.2 Å². The molecule has 0 saturated carbocycles. The molecule has 7 nitrogen and oxygen atoms in total.